The molecule has 0 fully saturated rings. The van der Waals surface area contributed by atoms with E-state index in [9.17, 15) is 0 Å². The molecule has 0 saturated heterocycles. The molecule has 16 heavy (non-hydrogen) atoms. The van der Waals surface area contributed by atoms with Crippen LogP contribution < -0.4 is 5.32 Å². The second-order valence-electron chi connectivity index (χ2n) is 3.72. The maximum atomic E-state index is 5.34. The normalized spacial score (nSPS) is 10.2. The maximum absolute atomic E-state index is 5.34. The molecule has 0 amide bonds. The van der Waals surface area contributed by atoms with Crippen molar-refractivity contribution in [1.82, 2.24) is 10.2 Å². The molecule has 0 rings (SSSR count). The fourth-order valence-corrected chi connectivity index (χ4v) is 1.70. The molecule has 3 nitrogen and oxygen atoms in total. The van der Waals surface area contributed by atoms with Gasteiger partial charge < -0.3 is 15.0 Å². The molecule has 0 bridgehead atoms. The Morgan fingerprint density at radius 3 is 2.56 bits per heavy atom. The molecule has 0 heterocycles. The summed E-state index contributed by atoms with van der Waals surface area (Å²) in [5, 5.41) is 4.16. The molecule has 0 aliphatic rings. The molecule has 0 aliphatic heterocycles. The number of hydrogen-bond donors (Lipinski definition) is 1. The van der Waals surface area contributed by atoms with Gasteiger partial charge in [-0.2, -0.15) is 0 Å². The van der Waals surface area contributed by atoms with Crippen LogP contribution in [0.5, 0.6) is 0 Å². The molecule has 96 valence electrons. The number of nitrogens with one attached hydrogen (secondary N) is 1. The Balaban J connectivity index is 3.58. The van der Waals surface area contributed by atoms with Gasteiger partial charge in [0.25, 0.3) is 0 Å². The van der Waals surface area contributed by atoms with E-state index in [1.54, 1.807) is 0 Å². The van der Waals surface area contributed by atoms with Gasteiger partial charge in [0.05, 0.1) is 0 Å². The first-order valence-corrected chi connectivity index (χ1v) is 6.77. The SMILES string of the molecule is CCCCN(CC)C(=S)NCCCOCC. The van der Waals surface area contributed by atoms with Crippen LogP contribution in [0.2, 0.25) is 0 Å². The van der Waals surface area contributed by atoms with Crippen molar-refractivity contribution in [3.05, 3.63) is 0 Å². The summed E-state index contributed by atoms with van der Waals surface area (Å²) < 4.78 is 5.27. The minimum Gasteiger partial charge on any atom is -0.382 e. The van der Waals surface area contributed by atoms with Crippen molar-refractivity contribution in [2.24, 2.45) is 0 Å². The summed E-state index contributed by atoms with van der Waals surface area (Å²) in [6.07, 6.45) is 3.43. The maximum Gasteiger partial charge on any atom is 0.168 e. The third-order valence-electron chi connectivity index (χ3n) is 2.40. The molecule has 0 spiro atoms. The van der Waals surface area contributed by atoms with Crippen molar-refractivity contribution >= 4 is 17.3 Å². The van der Waals surface area contributed by atoms with E-state index in [0.29, 0.717) is 0 Å². The lowest BCUT2D eigenvalue weighted by Crippen LogP contribution is -2.40. The summed E-state index contributed by atoms with van der Waals surface area (Å²) in [5.74, 6) is 0. The van der Waals surface area contributed by atoms with Crippen molar-refractivity contribution < 1.29 is 4.74 Å². The van der Waals surface area contributed by atoms with Gasteiger partial charge in [-0.05, 0) is 38.9 Å². The van der Waals surface area contributed by atoms with Gasteiger partial charge in [0.15, 0.2) is 5.11 Å². The van der Waals surface area contributed by atoms with Crippen molar-refractivity contribution in [3.63, 3.8) is 0 Å². The molecule has 4 heteroatoms. The Labute approximate surface area is 106 Å². The minimum atomic E-state index is 0.794. The average molecular weight is 246 g/mol. The van der Waals surface area contributed by atoms with E-state index in [-0.39, 0.29) is 0 Å². The predicted octanol–water partition coefficient (Wildman–Crippen LogP) is 2.41. The highest BCUT2D eigenvalue weighted by Crippen LogP contribution is 1.96. The number of thiocarbonyl (C=S) groups is 1. The van der Waals surface area contributed by atoms with Crippen molar-refractivity contribution in [2.45, 2.75) is 40.0 Å². The van der Waals surface area contributed by atoms with Gasteiger partial charge in [-0.25, -0.2) is 0 Å². The number of ether oxygens (including phenoxy) is 1. The average Bonchev–Trinajstić information content (AvgIpc) is 2.30. The summed E-state index contributed by atoms with van der Waals surface area (Å²) in [6, 6.07) is 0. The highest BCUT2D eigenvalue weighted by Gasteiger charge is 2.05. The fourth-order valence-electron chi connectivity index (χ4n) is 1.38. The summed E-state index contributed by atoms with van der Waals surface area (Å²) in [5.41, 5.74) is 0. The lowest BCUT2D eigenvalue weighted by molar-refractivity contribution is 0.145. The smallest absolute Gasteiger partial charge is 0.168 e. The summed E-state index contributed by atoms with van der Waals surface area (Å²) >= 11 is 5.34. The van der Waals surface area contributed by atoms with E-state index in [4.69, 9.17) is 17.0 Å². The van der Waals surface area contributed by atoms with E-state index in [0.717, 1.165) is 44.4 Å². The van der Waals surface area contributed by atoms with Crippen LogP contribution in [0.25, 0.3) is 0 Å². The topological polar surface area (TPSA) is 24.5 Å². The van der Waals surface area contributed by atoms with Gasteiger partial charge in [-0.15, -0.1) is 0 Å². The molecule has 0 aromatic rings. The lowest BCUT2D eigenvalue weighted by atomic mass is 10.3. The van der Waals surface area contributed by atoms with E-state index >= 15 is 0 Å². The first-order chi connectivity index (χ1) is 7.76. The number of unbranched alkanes of at least 4 members (excludes halogenated alkanes) is 1. The van der Waals surface area contributed by atoms with Crippen LogP contribution in [0.4, 0.5) is 0 Å². The van der Waals surface area contributed by atoms with E-state index < -0.39 is 0 Å². The molecule has 0 aromatic heterocycles. The lowest BCUT2D eigenvalue weighted by Gasteiger charge is -2.24. The zero-order chi connectivity index (χ0) is 12.2. The van der Waals surface area contributed by atoms with Crippen LogP contribution in [0.3, 0.4) is 0 Å². The first kappa shape index (κ1) is 15.7. The summed E-state index contributed by atoms with van der Waals surface area (Å²) in [6.45, 7) is 10.9. The third-order valence-corrected chi connectivity index (χ3v) is 2.80. The van der Waals surface area contributed by atoms with Crippen molar-refractivity contribution in [3.8, 4) is 0 Å². The van der Waals surface area contributed by atoms with Gasteiger partial charge in [-0.1, -0.05) is 13.3 Å². The number of hydrogen-bond acceptors (Lipinski definition) is 2. The highest BCUT2D eigenvalue weighted by atomic mass is 32.1. The molecule has 0 unspecified atom stereocenters. The van der Waals surface area contributed by atoms with E-state index in [1.807, 2.05) is 6.92 Å². The molecule has 0 atom stereocenters. The van der Waals surface area contributed by atoms with Gasteiger partial charge in [0.1, 0.15) is 0 Å². The van der Waals surface area contributed by atoms with Gasteiger partial charge in [-0.3, -0.25) is 0 Å². The first-order valence-electron chi connectivity index (χ1n) is 6.36. The Kier molecular flexibility index (Phi) is 10.9. The van der Waals surface area contributed by atoms with Crippen LogP contribution in [0, 0.1) is 0 Å². The monoisotopic (exact) mass is 246 g/mol. The Bertz CT molecular complexity index is 176. The molecular formula is C12H26N2OS. The van der Waals surface area contributed by atoms with E-state index in [1.165, 1.54) is 12.8 Å². The Morgan fingerprint density at radius 2 is 2.00 bits per heavy atom. The molecule has 0 aliphatic carbocycles. The van der Waals surface area contributed by atoms with Crippen molar-refractivity contribution in [2.75, 3.05) is 32.8 Å². The van der Waals surface area contributed by atoms with Gasteiger partial charge in [0.2, 0.25) is 0 Å². The van der Waals surface area contributed by atoms with Crippen LogP contribution >= 0.6 is 12.2 Å². The molecule has 0 radical (unpaired) electrons. The van der Waals surface area contributed by atoms with Gasteiger partial charge in [0, 0.05) is 32.8 Å². The third kappa shape index (κ3) is 7.88. The standard InChI is InChI=1S/C12H26N2OS/c1-4-7-10-14(5-2)12(16)13-9-8-11-15-6-3/h4-11H2,1-3H3,(H,13,16). The van der Waals surface area contributed by atoms with Crippen LogP contribution in [0.1, 0.15) is 40.0 Å². The fraction of sp³-hybridized carbons (Fsp3) is 0.917. The zero-order valence-corrected chi connectivity index (χ0v) is 11.7. The second kappa shape index (κ2) is 11.1. The zero-order valence-electron chi connectivity index (χ0n) is 10.9. The molecule has 0 aromatic carbocycles. The van der Waals surface area contributed by atoms with Crippen LogP contribution in [-0.2, 0) is 4.74 Å². The number of nitrogens with zero attached hydrogens (tertiary/aromatic N) is 1. The molecule has 1 N–H and O–H groups in total. The second-order valence-corrected chi connectivity index (χ2v) is 4.10. The van der Waals surface area contributed by atoms with E-state index in [2.05, 4.69) is 24.1 Å². The predicted molar refractivity (Wildman–Crippen MR) is 73.9 cm³/mol. The summed E-state index contributed by atoms with van der Waals surface area (Å²) in [7, 11) is 0. The molecular weight excluding hydrogens is 220 g/mol. The Morgan fingerprint density at radius 1 is 1.25 bits per heavy atom. The Hall–Kier alpha value is -0.350. The number of rotatable bonds is 9. The quantitative estimate of drug-likeness (QED) is 0.499. The van der Waals surface area contributed by atoms with Crippen molar-refractivity contribution in [1.29, 1.82) is 0 Å². The van der Waals surface area contributed by atoms with Crippen LogP contribution in [0.15, 0.2) is 0 Å². The minimum absolute atomic E-state index is 0.794. The summed E-state index contributed by atoms with van der Waals surface area (Å²) in [4.78, 5) is 2.22. The highest BCUT2D eigenvalue weighted by molar-refractivity contribution is 7.80. The van der Waals surface area contributed by atoms with Crippen LogP contribution in [-0.4, -0.2) is 42.9 Å². The van der Waals surface area contributed by atoms with Gasteiger partial charge >= 0.3 is 0 Å². The molecule has 0 saturated carbocycles. The largest absolute Gasteiger partial charge is 0.382 e.